The van der Waals surface area contributed by atoms with Crippen LogP contribution in [0.5, 0.6) is 5.75 Å². The highest BCUT2D eigenvalue weighted by molar-refractivity contribution is 6.03. The Morgan fingerprint density at radius 3 is 2.29 bits per heavy atom. The predicted octanol–water partition coefficient (Wildman–Crippen LogP) is 4.84. The fourth-order valence-corrected chi connectivity index (χ4v) is 8.03. The third kappa shape index (κ3) is 5.82. The lowest BCUT2D eigenvalue weighted by atomic mass is 9.62. The molecule has 3 saturated heterocycles. The molecule has 4 rings (SSSR count). The Morgan fingerprint density at radius 2 is 1.78 bits per heavy atom. The first-order chi connectivity index (χ1) is 21.1. The maximum absolute atomic E-state index is 14.8. The number of anilines is 1. The van der Waals surface area contributed by atoms with Gasteiger partial charge < -0.3 is 29.3 Å². The van der Waals surface area contributed by atoms with Crippen molar-refractivity contribution in [3.63, 3.8) is 0 Å². The summed E-state index contributed by atoms with van der Waals surface area (Å²) in [5.74, 6) is -1.80. The monoisotopic (exact) mass is 623 g/mol. The molecule has 0 aromatic heterocycles. The largest absolute Gasteiger partial charge is 0.494 e. The normalized spacial score (nSPS) is 29.5. The topological polar surface area (TPSA) is 99.6 Å². The second-order valence-corrected chi connectivity index (χ2v) is 14.5. The molecule has 1 aromatic rings. The first-order valence-electron chi connectivity index (χ1n) is 16.3. The van der Waals surface area contributed by atoms with Gasteiger partial charge in [0, 0.05) is 24.3 Å². The van der Waals surface area contributed by atoms with Crippen LogP contribution >= 0.6 is 0 Å². The van der Waals surface area contributed by atoms with Crippen molar-refractivity contribution in [2.24, 2.45) is 23.7 Å². The lowest BCUT2D eigenvalue weighted by Gasteiger charge is -2.43. The van der Waals surface area contributed by atoms with Crippen molar-refractivity contribution in [3.8, 4) is 5.75 Å². The molecule has 0 aliphatic carbocycles. The van der Waals surface area contributed by atoms with Crippen LogP contribution in [0.4, 0.5) is 5.69 Å². The zero-order valence-electron chi connectivity index (χ0n) is 28.4. The number of likely N-dealkylation sites (tertiary alicyclic amines) is 1. The van der Waals surface area contributed by atoms with E-state index >= 15 is 0 Å². The van der Waals surface area contributed by atoms with Gasteiger partial charge in [0.05, 0.1) is 36.7 Å². The van der Waals surface area contributed by atoms with Crippen molar-refractivity contribution >= 4 is 23.4 Å². The van der Waals surface area contributed by atoms with E-state index in [1.807, 2.05) is 79.7 Å². The summed E-state index contributed by atoms with van der Waals surface area (Å²) in [4.78, 5) is 49.4. The molecule has 1 N–H and O–H groups in total. The number of aliphatic hydroxyl groups excluding tert-OH is 1. The Kier molecular flexibility index (Phi) is 9.96. The van der Waals surface area contributed by atoms with Gasteiger partial charge in [-0.25, -0.2) is 0 Å². The van der Waals surface area contributed by atoms with E-state index in [1.165, 1.54) is 0 Å². The number of rotatable bonds is 13. The molecule has 9 nitrogen and oxygen atoms in total. The van der Waals surface area contributed by atoms with Gasteiger partial charge >= 0.3 is 0 Å². The number of aliphatic hydroxyl groups is 1. The highest BCUT2D eigenvalue weighted by atomic mass is 16.5. The maximum atomic E-state index is 14.8. The molecule has 3 aliphatic rings. The quantitative estimate of drug-likeness (QED) is 0.316. The molecule has 2 bridgehead atoms. The van der Waals surface area contributed by atoms with Gasteiger partial charge in [-0.1, -0.05) is 32.9 Å². The predicted molar refractivity (Wildman–Crippen MR) is 176 cm³/mol. The summed E-state index contributed by atoms with van der Waals surface area (Å²) in [5.41, 5.74) is -2.12. The van der Waals surface area contributed by atoms with E-state index in [1.54, 1.807) is 26.9 Å². The van der Waals surface area contributed by atoms with Gasteiger partial charge in [-0.3, -0.25) is 14.4 Å². The second-order valence-electron chi connectivity index (χ2n) is 14.5. The van der Waals surface area contributed by atoms with E-state index in [0.717, 1.165) is 0 Å². The Hall–Kier alpha value is -3.17. The standard InChI is InChI=1S/C36H53N3O6/c1-11-18-37(25-14-16-27(17-15-25)44-13-3)31(41)28-29-32(42)39(26(22-40)20-23(4)5)30(33(43)38(19-12-2)34(7,8)9)36(29)21-24(6)35(28,10)45-36/h11-12,14-17,23-24,26,28-30,40H,1-2,13,18-22H2,3-10H3/t24?,26-,28-,29+,30?,35+,36?/m1/s1. The molecule has 9 heteroatoms. The van der Waals surface area contributed by atoms with Crippen LogP contribution in [0.2, 0.25) is 0 Å². The number of hydrogen-bond donors (Lipinski definition) is 1. The van der Waals surface area contributed by atoms with Crippen molar-refractivity contribution in [3.05, 3.63) is 49.6 Å². The molecular formula is C36H53N3O6. The molecule has 0 radical (unpaired) electrons. The molecule has 3 unspecified atom stereocenters. The molecule has 7 atom stereocenters. The Labute approximate surface area is 269 Å². The van der Waals surface area contributed by atoms with Gasteiger partial charge in [0.2, 0.25) is 17.7 Å². The minimum Gasteiger partial charge on any atom is -0.494 e. The minimum atomic E-state index is -1.23. The average molecular weight is 624 g/mol. The SMILES string of the molecule is C=CCN(C(=O)[C@H]1[C@H]2C(=O)N([C@@H](CO)CC(C)C)C(C(=O)N(CC=C)C(C)(C)C)C23CC(C)[C@]1(C)O3)c1ccc(OCC)cc1. The van der Waals surface area contributed by atoms with Crippen molar-refractivity contribution in [2.45, 2.75) is 97.1 Å². The van der Waals surface area contributed by atoms with Crippen LogP contribution in [0.15, 0.2) is 49.6 Å². The second kappa shape index (κ2) is 12.9. The molecule has 3 fully saturated rings. The average Bonchev–Trinajstić information content (AvgIpc) is 3.49. The third-order valence-electron chi connectivity index (χ3n) is 10.0. The van der Waals surface area contributed by atoms with Crippen LogP contribution in [0.25, 0.3) is 0 Å². The van der Waals surface area contributed by atoms with Crippen molar-refractivity contribution in [1.29, 1.82) is 0 Å². The van der Waals surface area contributed by atoms with E-state index in [4.69, 9.17) is 9.47 Å². The summed E-state index contributed by atoms with van der Waals surface area (Å²) in [6, 6.07) is 5.71. The highest BCUT2D eigenvalue weighted by Crippen LogP contribution is 2.66. The smallest absolute Gasteiger partial charge is 0.249 e. The van der Waals surface area contributed by atoms with Crippen molar-refractivity contribution in [1.82, 2.24) is 9.80 Å². The van der Waals surface area contributed by atoms with Gasteiger partial charge in [-0.2, -0.15) is 0 Å². The molecule has 1 aromatic carbocycles. The summed E-state index contributed by atoms with van der Waals surface area (Å²) in [5, 5.41) is 10.7. The summed E-state index contributed by atoms with van der Waals surface area (Å²) in [6.07, 6.45) is 4.31. The van der Waals surface area contributed by atoms with E-state index in [0.29, 0.717) is 30.9 Å². The molecular weight excluding hydrogens is 570 g/mol. The summed E-state index contributed by atoms with van der Waals surface area (Å²) in [6.45, 7) is 24.3. The van der Waals surface area contributed by atoms with Crippen LogP contribution in [0.1, 0.15) is 68.2 Å². The van der Waals surface area contributed by atoms with Crippen molar-refractivity contribution in [2.75, 3.05) is 31.2 Å². The Bertz CT molecular complexity index is 1290. The van der Waals surface area contributed by atoms with Crippen LogP contribution < -0.4 is 9.64 Å². The van der Waals surface area contributed by atoms with E-state index in [-0.39, 0.29) is 49.3 Å². The number of carbonyl (C=O) groups excluding carboxylic acids is 3. The third-order valence-corrected chi connectivity index (χ3v) is 10.0. The Balaban J connectivity index is 1.87. The molecule has 3 heterocycles. The number of hydrogen-bond acceptors (Lipinski definition) is 6. The molecule has 0 saturated carbocycles. The van der Waals surface area contributed by atoms with E-state index in [9.17, 15) is 19.5 Å². The van der Waals surface area contributed by atoms with E-state index < -0.39 is 40.7 Å². The molecule has 1 spiro atoms. The number of amides is 3. The lowest BCUT2D eigenvalue weighted by molar-refractivity contribution is -0.158. The Morgan fingerprint density at radius 1 is 1.16 bits per heavy atom. The molecule has 45 heavy (non-hydrogen) atoms. The van der Waals surface area contributed by atoms with Gasteiger partial charge in [0.25, 0.3) is 0 Å². The zero-order chi connectivity index (χ0) is 33.5. The zero-order valence-corrected chi connectivity index (χ0v) is 28.4. The summed E-state index contributed by atoms with van der Waals surface area (Å²) in [7, 11) is 0. The van der Waals surface area contributed by atoms with Crippen LogP contribution in [-0.2, 0) is 19.1 Å². The first-order valence-corrected chi connectivity index (χ1v) is 16.3. The fraction of sp³-hybridized carbons (Fsp3) is 0.639. The van der Waals surface area contributed by atoms with Gasteiger partial charge in [0.1, 0.15) is 17.4 Å². The molecule has 3 amide bonds. The number of carbonyl (C=O) groups is 3. The number of benzene rings is 1. The van der Waals surface area contributed by atoms with Gasteiger partial charge in [0.15, 0.2) is 0 Å². The summed E-state index contributed by atoms with van der Waals surface area (Å²) < 4.78 is 12.6. The maximum Gasteiger partial charge on any atom is 0.249 e. The van der Waals surface area contributed by atoms with Crippen molar-refractivity contribution < 1.29 is 29.0 Å². The number of ether oxygens (including phenoxy) is 2. The minimum absolute atomic E-state index is 0.114. The van der Waals surface area contributed by atoms with Gasteiger partial charge in [-0.05, 0) is 83.6 Å². The van der Waals surface area contributed by atoms with Crippen LogP contribution in [0, 0.1) is 23.7 Å². The highest BCUT2D eigenvalue weighted by Gasteiger charge is 2.80. The van der Waals surface area contributed by atoms with E-state index in [2.05, 4.69) is 13.2 Å². The summed E-state index contributed by atoms with van der Waals surface area (Å²) >= 11 is 0. The fourth-order valence-electron chi connectivity index (χ4n) is 8.03. The number of nitrogens with zero attached hydrogens (tertiary/aromatic N) is 3. The lowest BCUT2D eigenvalue weighted by Crippen LogP contribution is -2.62. The van der Waals surface area contributed by atoms with Gasteiger partial charge in [-0.15, -0.1) is 13.2 Å². The molecule has 248 valence electrons. The first kappa shape index (κ1) is 34.7. The number of fused-ring (bicyclic) bond motifs is 1. The molecule has 3 aliphatic heterocycles. The van der Waals surface area contributed by atoms with Crippen LogP contribution in [0.3, 0.4) is 0 Å². The van der Waals surface area contributed by atoms with Crippen LogP contribution in [-0.4, -0.2) is 87.8 Å².